The van der Waals surface area contributed by atoms with Crippen LogP contribution in [0.2, 0.25) is 0 Å². The topological polar surface area (TPSA) is 415 Å². The second-order valence-corrected chi connectivity index (χ2v) is 42.2. The normalized spacial score (nSPS) is 19.1. The first-order valence-corrected chi connectivity index (χ1v) is 49.4. The van der Waals surface area contributed by atoms with Crippen molar-refractivity contribution in [2.75, 3.05) is 81.8 Å². The number of aliphatic imine (C=N–C) groups is 1. The van der Waals surface area contributed by atoms with Crippen molar-refractivity contribution in [1.29, 1.82) is 15.8 Å². The van der Waals surface area contributed by atoms with E-state index in [1.165, 1.54) is 48.3 Å². The summed E-state index contributed by atoms with van der Waals surface area (Å²) in [6, 6.07) is 58.7. The van der Waals surface area contributed by atoms with Crippen molar-refractivity contribution in [2.24, 2.45) is 28.5 Å². The van der Waals surface area contributed by atoms with Gasteiger partial charge in [-0.25, -0.2) is 45.4 Å². The minimum absolute atomic E-state index is 0. The van der Waals surface area contributed by atoms with Crippen molar-refractivity contribution in [2.45, 2.75) is 207 Å². The third-order valence-electron chi connectivity index (χ3n) is 26.2. The molecule has 0 aromatic heterocycles. The van der Waals surface area contributed by atoms with E-state index in [-0.39, 0.29) is 80.1 Å². The van der Waals surface area contributed by atoms with Crippen molar-refractivity contribution < 1.29 is 79.1 Å². The van der Waals surface area contributed by atoms with Crippen LogP contribution in [0.3, 0.4) is 0 Å². The summed E-state index contributed by atoms with van der Waals surface area (Å²) in [5.74, 6) is -0.208. The predicted molar refractivity (Wildman–Crippen MR) is 543 cm³/mol. The molecule has 0 radical (unpaired) electrons. The summed E-state index contributed by atoms with van der Waals surface area (Å²) in [5.41, 5.74) is 11.8. The van der Waals surface area contributed by atoms with Gasteiger partial charge in [-0.15, -0.1) is 12.4 Å². The molecule has 15 rings (SSSR count). The van der Waals surface area contributed by atoms with Gasteiger partial charge in [-0.2, -0.15) is 20.8 Å². The Morgan fingerprint density at radius 3 is 1.20 bits per heavy atom. The van der Waals surface area contributed by atoms with Gasteiger partial charge in [0.2, 0.25) is 23.8 Å². The van der Waals surface area contributed by atoms with Crippen LogP contribution in [0, 0.1) is 69.2 Å². The third kappa shape index (κ3) is 28.9. The van der Waals surface area contributed by atoms with E-state index in [0.29, 0.717) is 117 Å². The van der Waals surface area contributed by atoms with E-state index in [4.69, 9.17) is 29.4 Å². The number of hydrogen-bond donors (Lipinski definition) is 10. The number of carbonyl (C=O) groups is 5. The minimum atomic E-state index is -1.56. The molecule has 0 spiro atoms. The van der Waals surface area contributed by atoms with Gasteiger partial charge in [0.25, 0.3) is 0 Å². The standard InChI is InChI=1S/C37H44FN5O5S.C33H36FN5O4.C29H37FN4O3S.C8H7NO2.ClH/c1-36(2,3)49(46)42-37(18-17-24-9-10-24,26-8-6-7-25(19-26)22-39)27-11-16-31(38)32(20-27)41-34(44)33-21-30(48-5)23-43(33)35(45)40-28-12-14-29(47-4)15-13-28;1-43-27-17-30(39(19-27)32(42)37-26-10-7-22(20-40)8-11-26)31(41)38-29-16-25(9-12-28(29)34)33(36,14-13-21-5-6-21)24-4-2-3-23(15-24)18-35;1-28(2,3)38(36)34-29(13-12-19-8-9-19,21-7-5-6-20(14-21)17-31)22-10-11-24(30)25(15-22)33-27(35)26-16-23(37-4)18-32-26;1-11-8-4-2-7(3-5-8)9-6-10;/h6-8,11-16,19-20,24,30,33,42H,9-10,17-18,21,23H2,1-5H3,(H,40,45)(H,41,44);2-4,7-12,15-16,21,27,30,40H,5-6,13-14,17,19-20,36H2,1H3,(H,37,42)(H,38,41);5-7,10-11,14-15,19,23,26,32,34H,8-9,12-13,16,18H2,1-4H3,(H,33,35);2-5H,1H3;1H/t30-,33-,37?,49-;27-,30-,33?;23-,26-,29?,38-;;/m111../s1. The van der Waals surface area contributed by atoms with E-state index in [9.17, 15) is 58.1 Å². The zero-order chi connectivity index (χ0) is 102. The lowest BCUT2D eigenvalue weighted by Gasteiger charge is -2.38. The molecule has 3 saturated heterocycles. The van der Waals surface area contributed by atoms with Crippen LogP contribution >= 0.6 is 12.4 Å². The highest BCUT2D eigenvalue weighted by atomic mass is 35.5. The van der Waals surface area contributed by atoms with E-state index in [1.807, 2.05) is 65.8 Å². The van der Waals surface area contributed by atoms with E-state index in [0.717, 1.165) is 74.7 Å². The van der Waals surface area contributed by atoms with Gasteiger partial charge in [0.05, 0.1) is 151 Å². The summed E-state index contributed by atoms with van der Waals surface area (Å²) in [7, 11) is 4.74. The third-order valence-corrected chi connectivity index (χ3v) is 29.5. The Hall–Kier alpha value is -12.6. The summed E-state index contributed by atoms with van der Waals surface area (Å²) >= 11 is 0. The number of nitrogens with zero attached hydrogens (tertiary/aromatic N) is 6. The largest absolute Gasteiger partial charge is 0.497 e. The van der Waals surface area contributed by atoms with Crippen LogP contribution in [0.4, 0.5) is 56.9 Å². The smallest absolute Gasteiger partial charge is 0.322 e. The van der Waals surface area contributed by atoms with E-state index < -0.39 is 114 Å². The number of isocyanates is 1. The average Bonchev–Trinajstić information content (AvgIpc) is 1.63. The van der Waals surface area contributed by atoms with Gasteiger partial charge in [0.1, 0.15) is 41.0 Å². The molecule has 3 heterocycles. The highest BCUT2D eigenvalue weighted by molar-refractivity contribution is 7.84. The number of nitriles is 3. The molecule has 6 fully saturated rings. The van der Waals surface area contributed by atoms with Crippen LogP contribution in [0.15, 0.2) is 205 Å². The molecule has 9 aromatic carbocycles. The molecule has 142 heavy (non-hydrogen) atoms. The van der Waals surface area contributed by atoms with Crippen LogP contribution in [0.5, 0.6) is 11.5 Å². The van der Waals surface area contributed by atoms with E-state index in [1.54, 1.807) is 179 Å². The Bertz CT molecular complexity index is 6140. The number of urea groups is 2. The molecule has 3 saturated carbocycles. The van der Waals surface area contributed by atoms with E-state index in [2.05, 4.69) is 64.5 Å². The molecule has 7 amide bonds. The zero-order valence-electron chi connectivity index (χ0n) is 81.6. The molecule has 3 aliphatic carbocycles. The number of benzene rings is 9. The number of amides is 7. The number of nitrogens with one attached hydrogen (secondary N) is 8. The molecule has 6 aliphatic rings. The number of hydrogen-bond acceptors (Lipinski definition) is 20. The fourth-order valence-corrected chi connectivity index (χ4v) is 19.1. The van der Waals surface area contributed by atoms with Crippen LogP contribution in [0.25, 0.3) is 0 Å². The fraction of sp³-hybridized carbons (Fsp3) is 0.411. The lowest BCUT2D eigenvalue weighted by molar-refractivity contribution is -0.120. The molecule has 11 atom stereocenters. The maximum absolute atomic E-state index is 15.6. The highest BCUT2D eigenvalue weighted by Crippen LogP contribution is 2.47. The van der Waals surface area contributed by atoms with Crippen LogP contribution < -0.4 is 56.6 Å². The summed E-state index contributed by atoms with van der Waals surface area (Å²) in [6.07, 6.45) is 12.7. The number of methoxy groups -OCH3 is 5. The molecule has 3 aliphatic heterocycles. The second-order valence-electron chi connectivity index (χ2n) is 38.2. The summed E-state index contributed by atoms with van der Waals surface area (Å²) in [5, 5.41) is 55.0. The quantitative estimate of drug-likeness (QED) is 0.0132. The molecule has 752 valence electrons. The summed E-state index contributed by atoms with van der Waals surface area (Å²) < 4.78 is 105. The number of anilines is 5. The van der Waals surface area contributed by atoms with Gasteiger partial charge in [0, 0.05) is 65.2 Å². The molecule has 9 aromatic rings. The van der Waals surface area contributed by atoms with Crippen LogP contribution in [-0.2, 0) is 78.6 Å². The number of halogens is 4. The second kappa shape index (κ2) is 49.9. The predicted octanol–water partition coefficient (Wildman–Crippen LogP) is 17.9. The average molecular weight is 2000 g/mol. The zero-order valence-corrected chi connectivity index (χ0v) is 84.0. The van der Waals surface area contributed by atoms with E-state index >= 15 is 13.2 Å². The number of nitrogens with two attached hydrogens (primary N) is 1. The molecular weight excluding hydrogens is 1880 g/mol. The van der Waals surface area contributed by atoms with Crippen molar-refractivity contribution >= 4 is 104 Å². The molecule has 0 bridgehead atoms. The van der Waals surface area contributed by atoms with Gasteiger partial charge in [-0.3, -0.25) is 14.4 Å². The van der Waals surface area contributed by atoms with Gasteiger partial charge < -0.3 is 76.2 Å². The Balaban J connectivity index is 0.000000193. The first kappa shape index (κ1) is 110. The maximum Gasteiger partial charge on any atom is 0.322 e. The van der Waals surface area contributed by atoms with Crippen molar-refractivity contribution in [3.05, 3.63) is 273 Å². The Morgan fingerprint density at radius 1 is 0.472 bits per heavy atom. The van der Waals surface area contributed by atoms with Gasteiger partial charge in [0.15, 0.2) is 0 Å². The van der Waals surface area contributed by atoms with Crippen molar-refractivity contribution in [3.8, 4) is 29.7 Å². The molecule has 3 unspecified atom stereocenters. The Kier molecular flexibility index (Phi) is 38.6. The Morgan fingerprint density at radius 2 is 0.831 bits per heavy atom. The lowest BCUT2D eigenvalue weighted by atomic mass is 9.79. The van der Waals surface area contributed by atoms with Gasteiger partial charge >= 0.3 is 12.1 Å². The summed E-state index contributed by atoms with van der Waals surface area (Å²) in [6.45, 7) is 12.1. The van der Waals surface area contributed by atoms with Crippen molar-refractivity contribution in [1.82, 2.24) is 24.6 Å². The molecule has 35 heteroatoms. The fourth-order valence-electron chi connectivity index (χ4n) is 17.2. The highest BCUT2D eigenvalue weighted by Gasteiger charge is 2.47. The Labute approximate surface area is 839 Å². The van der Waals surface area contributed by atoms with Crippen LogP contribution in [-0.4, -0.2) is 160 Å². The monoisotopic (exact) mass is 2000 g/mol. The number of likely N-dealkylation sites (tertiary alicyclic amines) is 2. The molecule has 29 nitrogen and oxygen atoms in total. The lowest BCUT2D eigenvalue weighted by Crippen LogP contribution is -2.49. The van der Waals surface area contributed by atoms with Crippen LogP contribution in [0.1, 0.15) is 193 Å². The number of aliphatic hydroxyl groups excluding tert-OH is 1. The number of aliphatic hydroxyl groups is 1. The van der Waals surface area contributed by atoms with Gasteiger partial charge in [-0.05, 0) is 277 Å². The number of rotatable bonds is 34. The minimum Gasteiger partial charge on any atom is -0.497 e. The molecule has 11 N–H and O–H groups in total. The van der Waals surface area contributed by atoms with Crippen molar-refractivity contribution in [3.63, 3.8) is 0 Å². The SMILES string of the molecule is CO[C@@H]1C[C@H](C(=O)Nc2cc(C(N)(CCC3CC3)c3cccc(C#N)c3)ccc2F)N(C(=O)Nc2ccc(CO)cc2)C1.CO[C@H]1CN[C@@H](C(=O)Nc2cc(C(CCC3CC3)(N[S@](=O)C(C)(C)C)c3cccc(C#N)c3)ccc2F)C1.COc1ccc(N=C=O)cc1.COc1ccc(NC(=O)N2C[C@H](OC)C[C@@H]2C(=O)Nc2cc(C(CCC3CC3)(N[S@](=O)C(C)(C)C)c3cccc(C#N)c3)ccc2F)cc1.Cl. The first-order valence-electron chi connectivity index (χ1n) is 47.1. The molecular formula is C107H125ClF3N15O14S2. The first-order chi connectivity index (χ1) is 67.5. The number of ether oxygens (including phenoxy) is 5. The number of carbonyl (C=O) groups excluding carboxylic acids is 6. The van der Waals surface area contributed by atoms with Gasteiger partial charge in [-0.1, -0.05) is 105 Å². The maximum atomic E-state index is 15.6. The summed E-state index contributed by atoms with van der Waals surface area (Å²) in [4.78, 5) is 83.0.